The van der Waals surface area contributed by atoms with Crippen LogP contribution in [0.3, 0.4) is 0 Å². The summed E-state index contributed by atoms with van der Waals surface area (Å²) in [7, 11) is 1.49. The lowest BCUT2D eigenvalue weighted by molar-refractivity contribution is 0.415. The van der Waals surface area contributed by atoms with E-state index < -0.39 is 11.2 Å². The quantitative estimate of drug-likeness (QED) is 0.557. The Balaban J connectivity index is 2.50. The number of methoxy groups -OCH3 is 1. The number of ether oxygens (including phenoxy) is 1. The molecule has 2 aromatic rings. The zero-order valence-electron chi connectivity index (χ0n) is 10.3. The van der Waals surface area contributed by atoms with Crippen molar-refractivity contribution in [3.8, 4) is 5.75 Å². The van der Waals surface area contributed by atoms with Crippen molar-refractivity contribution >= 4 is 50.7 Å². The molecule has 0 amide bonds. The molecule has 0 bridgehead atoms. The second-order valence-electron chi connectivity index (χ2n) is 4.04. The van der Waals surface area contributed by atoms with Crippen LogP contribution in [0.25, 0.3) is 0 Å². The van der Waals surface area contributed by atoms with Crippen LogP contribution in [-0.2, 0) is 0 Å². The highest BCUT2D eigenvalue weighted by Gasteiger charge is 2.20. The van der Waals surface area contributed by atoms with Gasteiger partial charge in [-0.2, -0.15) is 0 Å². The van der Waals surface area contributed by atoms with Crippen molar-refractivity contribution in [2.75, 3.05) is 7.11 Å². The third-order valence-corrected chi connectivity index (χ3v) is 4.36. The van der Waals surface area contributed by atoms with Gasteiger partial charge in [-0.25, -0.2) is 4.39 Å². The van der Waals surface area contributed by atoms with E-state index in [9.17, 15) is 4.39 Å². The predicted molar refractivity (Wildman–Crippen MR) is 84.8 cm³/mol. The Morgan fingerprint density at radius 1 is 1.10 bits per heavy atom. The van der Waals surface area contributed by atoms with Gasteiger partial charge in [-0.05, 0) is 29.8 Å². The fourth-order valence-corrected chi connectivity index (χ4v) is 3.07. The Morgan fingerprint density at radius 3 is 2.45 bits per heavy atom. The molecule has 2 rings (SSSR count). The summed E-state index contributed by atoms with van der Waals surface area (Å²) in [6.07, 6.45) is 0. The van der Waals surface area contributed by atoms with E-state index in [1.54, 1.807) is 24.3 Å². The van der Waals surface area contributed by atoms with Gasteiger partial charge in [-0.3, -0.25) is 0 Å². The fourth-order valence-electron chi connectivity index (χ4n) is 1.77. The van der Waals surface area contributed by atoms with Gasteiger partial charge in [0.2, 0.25) is 0 Å². The van der Waals surface area contributed by atoms with Crippen molar-refractivity contribution in [3.05, 3.63) is 61.8 Å². The molecule has 0 spiro atoms. The molecule has 0 aliphatic carbocycles. The van der Waals surface area contributed by atoms with Crippen LogP contribution in [0.4, 0.5) is 4.39 Å². The van der Waals surface area contributed by atoms with Crippen LogP contribution in [0.15, 0.2) is 34.8 Å². The molecule has 0 aliphatic heterocycles. The first-order valence-electron chi connectivity index (χ1n) is 5.56. The average molecular weight is 398 g/mol. The first-order valence-corrected chi connectivity index (χ1v) is 7.54. The molecule has 20 heavy (non-hydrogen) atoms. The molecule has 6 heteroatoms. The van der Waals surface area contributed by atoms with E-state index in [-0.39, 0.29) is 0 Å². The highest BCUT2D eigenvalue weighted by atomic mass is 79.9. The molecule has 1 unspecified atom stereocenters. The van der Waals surface area contributed by atoms with Gasteiger partial charge in [0, 0.05) is 21.1 Å². The molecular formula is C14H9BrCl3FO. The third kappa shape index (κ3) is 3.22. The third-order valence-electron chi connectivity index (χ3n) is 2.78. The van der Waals surface area contributed by atoms with Crippen molar-refractivity contribution in [1.29, 1.82) is 0 Å². The van der Waals surface area contributed by atoms with Crippen LogP contribution in [0, 0.1) is 5.82 Å². The summed E-state index contributed by atoms with van der Waals surface area (Å²) in [5.41, 5.74) is 0.848. The lowest BCUT2D eigenvalue weighted by Crippen LogP contribution is -1.99. The second kappa shape index (κ2) is 6.52. The zero-order chi connectivity index (χ0) is 14.9. The SMILES string of the molecule is COc1cc(Cl)c(C(Cl)c2cc(Br)ccc2F)cc1Cl. The molecule has 2 aromatic carbocycles. The number of hydrogen-bond acceptors (Lipinski definition) is 1. The summed E-state index contributed by atoms with van der Waals surface area (Å²) in [5.74, 6) is 0.0372. The van der Waals surface area contributed by atoms with E-state index in [1.807, 2.05) is 0 Å². The second-order valence-corrected chi connectivity index (χ2v) is 6.20. The van der Waals surface area contributed by atoms with Gasteiger partial charge in [0.15, 0.2) is 0 Å². The first-order chi connectivity index (χ1) is 9.43. The van der Waals surface area contributed by atoms with Gasteiger partial charge in [0.25, 0.3) is 0 Å². The zero-order valence-corrected chi connectivity index (χ0v) is 14.1. The van der Waals surface area contributed by atoms with E-state index in [1.165, 1.54) is 13.2 Å². The summed E-state index contributed by atoms with van der Waals surface area (Å²) in [6.45, 7) is 0. The van der Waals surface area contributed by atoms with Gasteiger partial charge in [0.05, 0.1) is 17.5 Å². The number of hydrogen-bond donors (Lipinski definition) is 0. The summed E-state index contributed by atoms with van der Waals surface area (Å²) in [4.78, 5) is 0. The van der Waals surface area contributed by atoms with Crippen molar-refractivity contribution in [2.24, 2.45) is 0 Å². The Labute approximate surface area is 139 Å². The molecular weight excluding hydrogens is 389 g/mol. The van der Waals surface area contributed by atoms with Crippen LogP contribution in [0.2, 0.25) is 10.0 Å². The number of rotatable bonds is 3. The average Bonchev–Trinajstić information content (AvgIpc) is 2.42. The number of benzene rings is 2. The van der Waals surface area contributed by atoms with Crippen LogP contribution in [0.5, 0.6) is 5.75 Å². The maximum atomic E-state index is 13.9. The molecule has 0 saturated carbocycles. The highest BCUT2D eigenvalue weighted by molar-refractivity contribution is 9.10. The van der Waals surface area contributed by atoms with Crippen molar-refractivity contribution < 1.29 is 9.13 Å². The monoisotopic (exact) mass is 396 g/mol. The lowest BCUT2D eigenvalue weighted by atomic mass is 10.0. The van der Waals surface area contributed by atoms with Crippen molar-refractivity contribution in [2.45, 2.75) is 5.38 Å². The first kappa shape index (κ1) is 15.9. The van der Waals surface area contributed by atoms with Gasteiger partial charge in [0.1, 0.15) is 11.6 Å². The minimum atomic E-state index is -0.747. The summed E-state index contributed by atoms with van der Waals surface area (Å²) < 4.78 is 19.7. The number of halogens is 5. The van der Waals surface area contributed by atoms with E-state index in [0.29, 0.717) is 26.9 Å². The Hall–Kier alpha value is -0.480. The minimum absolute atomic E-state index is 0.323. The largest absolute Gasteiger partial charge is 0.495 e. The van der Waals surface area contributed by atoms with Crippen molar-refractivity contribution in [1.82, 2.24) is 0 Å². The van der Waals surface area contributed by atoms with Crippen molar-refractivity contribution in [3.63, 3.8) is 0 Å². The van der Waals surface area contributed by atoms with E-state index in [4.69, 9.17) is 39.5 Å². The molecule has 0 aromatic heterocycles. The maximum absolute atomic E-state index is 13.9. The summed E-state index contributed by atoms with van der Waals surface area (Å²) in [5, 5.41) is -0.0120. The van der Waals surface area contributed by atoms with Gasteiger partial charge in [-0.15, -0.1) is 11.6 Å². The van der Waals surface area contributed by atoms with E-state index in [0.717, 1.165) is 4.47 Å². The highest BCUT2D eigenvalue weighted by Crippen LogP contribution is 2.40. The molecule has 0 aliphatic rings. The van der Waals surface area contributed by atoms with Crippen LogP contribution >= 0.6 is 50.7 Å². The molecule has 0 fully saturated rings. The van der Waals surface area contributed by atoms with Crippen LogP contribution < -0.4 is 4.74 Å². The molecule has 0 saturated heterocycles. The van der Waals surface area contributed by atoms with Gasteiger partial charge >= 0.3 is 0 Å². The number of alkyl halides is 1. The van der Waals surface area contributed by atoms with E-state index >= 15 is 0 Å². The summed E-state index contributed by atoms with van der Waals surface area (Å²) >= 11 is 21.8. The molecule has 106 valence electrons. The molecule has 0 radical (unpaired) electrons. The van der Waals surface area contributed by atoms with Crippen LogP contribution in [0.1, 0.15) is 16.5 Å². The normalized spacial score (nSPS) is 12.3. The Kier molecular flexibility index (Phi) is 5.19. The molecule has 0 N–H and O–H groups in total. The predicted octanol–water partition coefficient (Wildman–Crippen LogP) is 6.23. The Bertz CT molecular complexity index is 649. The van der Waals surface area contributed by atoms with Crippen LogP contribution in [-0.4, -0.2) is 7.11 Å². The van der Waals surface area contributed by atoms with Gasteiger partial charge < -0.3 is 4.74 Å². The maximum Gasteiger partial charge on any atom is 0.138 e. The van der Waals surface area contributed by atoms with Gasteiger partial charge in [-0.1, -0.05) is 39.1 Å². The summed E-state index contributed by atoms with van der Waals surface area (Å²) in [6, 6.07) is 7.70. The van der Waals surface area contributed by atoms with E-state index in [2.05, 4.69) is 15.9 Å². The molecule has 1 nitrogen and oxygen atoms in total. The minimum Gasteiger partial charge on any atom is -0.495 e. The smallest absolute Gasteiger partial charge is 0.138 e. The topological polar surface area (TPSA) is 9.23 Å². The molecule has 1 atom stereocenters. The Morgan fingerprint density at radius 2 is 1.80 bits per heavy atom. The molecule has 0 heterocycles. The standard InChI is InChI=1S/C14H9BrCl3FO/c1-20-13-6-10(16)8(5-11(13)17)14(18)9-4-7(15)2-3-12(9)19/h2-6,14H,1H3. The lowest BCUT2D eigenvalue weighted by Gasteiger charge is -2.15. The fraction of sp³-hybridized carbons (Fsp3) is 0.143.